The number of fused-ring (bicyclic) bond motifs is 1. The molecule has 84 valence electrons. The van der Waals surface area contributed by atoms with E-state index in [0.29, 0.717) is 5.65 Å². The standard InChI is InChI=1S/C12H11N5/c1-13-10-5-4-9-12(16-10)17-11(15-9)8-3-2-6-14-7-8/h2-7H,1H3,(H2,13,15,16,17). The Bertz CT molecular complexity index is 644. The van der Waals surface area contributed by atoms with Gasteiger partial charge in [-0.1, -0.05) is 0 Å². The fourth-order valence-electron chi connectivity index (χ4n) is 1.67. The first-order chi connectivity index (χ1) is 8.36. The lowest BCUT2D eigenvalue weighted by atomic mass is 10.3. The van der Waals surface area contributed by atoms with Crippen molar-refractivity contribution in [3.05, 3.63) is 36.7 Å². The zero-order valence-corrected chi connectivity index (χ0v) is 9.31. The van der Waals surface area contributed by atoms with Gasteiger partial charge in [-0.3, -0.25) is 4.98 Å². The normalized spacial score (nSPS) is 10.6. The van der Waals surface area contributed by atoms with E-state index in [9.17, 15) is 0 Å². The largest absolute Gasteiger partial charge is 0.373 e. The van der Waals surface area contributed by atoms with Crippen LogP contribution >= 0.6 is 0 Å². The van der Waals surface area contributed by atoms with Crippen LogP contribution in [0.2, 0.25) is 0 Å². The van der Waals surface area contributed by atoms with Crippen LogP contribution in [0.5, 0.6) is 0 Å². The number of nitrogens with one attached hydrogen (secondary N) is 2. The second-order valence-corrected chi connectivity index (χ2v) is 3.64. The molecule has 0 aromatic carbocycles. The van der Waals surface area contributed by atoms with Crippen LogP contribution in [0.15, 0.2) is 36.7 Å². The predicted octanol–water partition coefficient (Wildman–Crippen LogP) is 2.06. The first kappa shape index (κ1) is 9.77. The van der Waals surface area contributed by atoms with Crippen molar-refractivity contribution >= 4 is 17.0 Å². The Morgan fingerprint density at radius 2 is 2.12 bits per heavy atom. The summed E-state index contributed by atoms with van der Waals surface area (Å²) in [4.78, 5) is 16.1. The van der Waals surface area contributed by atoms with E-state index in [1.165, 1.54) is 0 Å². The summed E-state index contributed by atoms with van der Waals surface area (Å²) in [5, 5.41) is 2.99. The summed E-state index contributed by atoms with van der Waals surface area (Å²) in [6.45, 7) is 0. The summed E-state index contributed by atoms with van der Waals surface area (Å²) in [5.41, 5.74) is 2.58. The third kappa shape index (κ3) is 1.71. The molecule has 0 amide bonds. The number of hydrogen-bond donors (Lipinski definition) is 2. The summed E-state index contributed by atoms with van der Waals surface area (Å²) >= 11 is 0. The van der Waals surface area contributed by atoms with Gasteiger partial charge in [0.2, 0.25) is 0 Å². The molecule has 0 radical (unpaired) electrons. The smallest absolute Gasteiger partial charge is 0.180 e. The number of pyridine rings is 2. The predicted molar refractivity (Wildman–Crippen MR) is 66.7 cm³/mol. The zero-order chi connectivity index (χ0) is 11.7. The van der Waals surface area contributed by atoms with Gasteiger partial charge in [0.1, 0.15) is 11.6 Å². The molecule has 5 nitrogen and oxygen atoms in total. The summed E-state index contributed by atoms with van der Waals surface area (Å²) in [5.74, 6) is 1.59. The first-order valence-corrected chi connectivity index (χ1v) is 5.32. The van der Waals surface area contributed by atoms with E-state index in [-0.39, 0.29) is 0 Å². The Hall–Kier alpha value is -2.43. The molecule has 0 atom stereocenters. The number of nitrogens with zero attached hydrogens (tertiary/aromatic N) is 3. The van der Waals surface area contributed by atoms with Crippen molar-refractivity contribution in [1.82, 2.24) is 19.9 Å². The number of aromatic nitrogens is 4. The van der Waals surface area contributed by atoms with E-state index in [2.05, 4.69) is 25.3 Å². The van der Waals surface area contributed by atoms with E-state index in [0.717, 1.165) is 22.7 Å². The second-order valence-electron chi connectivity index (χ2n) is 3.64. The van der Waals surface area contributed by atoms with Crippen LogP contribution in [-0.4, -0.2) is 27.0 Å². The number of H-pyrrole nitrogens is 1. The minimum atomic E-state index is 0.704. The fraction of sp³-hybridized carbons (Fsp3) is 0.0833. The molecular formula is C12H11N5. The molecule has 0 fully saturated rings. The van der Waals surface area contributed by atoms with Crippen molar-refractivity contribution < 1.29 is 0 Å². The van der Waals surface area contributed by atoms with Crippen LogP contribution in [0.4, 0.5) is 5.82 Å². The molecule has 0 bridgehead atoms. The molecule has 0 aliphatic heterocycles. The third-order valence-electron chi connectivity index (χ3n) is 2.54. The van der Waals surface area contributed by atoms with E-state index < -0.39 is 0 Å². The van der Waals surface area contributed by atoms with Crippen LogP contribution in [0.3, 0.4) is 0 Å². The number of anilines is 1. The molecule has 0 aliphatic carbocycles. The van der Waals surface area contributed by atoms with Gasteiger partial charge in [-0.05, 0) is 24.3 Å². The van der Waals surface area contributed by atoms with Gasteiger partial charge in [-0.2, -0.15) is 0 Å². The highest BCUT2D eigenvalue weighted by Crippen LogP contribution is 2.19. The van der Waals surface area contributed by atoms with E-state index in [4.69, 9.17) is 0 Å². The summed E-state index contributed by atoms with van der Waals surface area (Å²) in [6.07, 6.45) is 3.51. The maximum absolute atomic E-state index is 4.44. The summed E-state index contributed by atoms with van der Waals surface area (Å²) < 4.78 is 0. The highest BCUT2D eigenvalue weighted by atomic mass is 15.0. The molecule has 5 heteroatoms. The van der Waals surface area contributed by atoms with Gasteiger partial charge in [0, 0.05) is 25.0 Å². The van der Waals surface area contributed by atoms with Gasteiger partial charge in [0.05, 0.1) is 5.52 Å². The van der Waals surface area contributed by atoms with Crippen LogP contribution < -0.4 is 5.32 Å². The third-order valence-corrected chi connectivity index (χ3v) is 2.54. The average Bonchev–Trinajstić information content (AvgIpc) is 2.82. The molecule has 3 aromatic rings. The van der Waals surface area contributed by atoms with Crippen molar-refractivity contribution in [3.63, 3.8) is 0 Å². The molecule has 3 aromatic heterocycles. The summed E-state index contributed by atoms with van der Waals surface area (Å²) in [6, 6.07) is 7.72. The van der Waals surface area contributed by atoms with Gasteiger partial charge in [0.25, 0.3) is 0 Å². The zero-order valence-electron chi connectivity index (χ0n) is 9.31. The molecule has 0 saturated heterocycles. The lowest BCUT2D eigenvalue weighted by Gasteiger charge is -1.95. The van der Waals surface area contributed by atoms with Gasteiger partial charge in [-0.15, -0.1) is 0 Å². The minimum absolute atomic E-state index is 0.704. The van der Waals surface area contributed by atoms with Crippen molar-refractivity contribution in [2.24, 2.45) is 0 Å². The Kier molecular flexibility index (Phi) is 2.22. The number of rotatable bonds is 2. The highest BCUT2D eigenvalue weighted by molar-refractivity contribution is 5.77. The molecule has 2 N–H and O–H groups in total. The van der Waals surface area contributed by atoms with Crippen LogP contribution in [0.25, 0.3) is 22.6 Å². The summed E-state index contributed by atoms with van der Waals surface area (Å²) in [7, 11) is 1.84. The molecule has 3 heterocycles. The second kappa shape index (κ2) is 3.86. The van der Waals surface area contributed by atoms with E-state index in [1.807, 2.05) is 31.3 Å². The van der Waals surface area contributed by atoms with E-state index >= 15 is 0 Å². The van der Waals surface area contributed by atoms with Gasteiger partial charge in [-0.25, -0.2) is 9.97 Å². The number of aromatic amines is 1. The Morgan fingerprint density at radius 3 is 2.88 bits per heavy atom. The first-order valence-electron chi connectivity index (χ1n) is 5.32. The molecule has 17 heavy (non-hydrogen) atoms. The molecule has 0 spiro atoms. The Balaban J connectivity index is 2.14. The van der Waals surface area contributed by atoms with Crippen molar-refractivity contribution in [2.45, 2.75) is 0 Å². The van der Waals surface area contributed by atoms with Crippen molar-refractivity contribution in [3.8, 4) is 11.4 Å². The van der Waals surface area contributed by atoms with Crippen LogP contribution in [0, 0.1) is 0 Å². The SMILES string of the molecule is CNc1ccc2[nH]c(-c3cccnc3)nc2n1. The maximum Gasteiger partial charge on any atom is 0.180 e. The van der Waals surface area contributed by atoms with Gasteiger partial charge < -0.3 is 10.3 Å². The topological polar surface area (TPSA) is 66.5 Å². The van der Waals surface area contributed by atoms with Crippen LogP contribution in [0.1, 0.15) is 0 Å². The fourth-order valence-corrected chi connectivity index (χ4v) is 1.67. The Morgan fingerprint density at radius 1 is 1.18 bits per heavy atom. The van der Waals surface area contributed by atoms with E-state index in [1.54, 1.807) is 12.4 Å². The van der Waals surface area contributed by atoms with Gasteiger partial charge in [0.15, 0.2) is 5.65 Å². The van der Waals surface area contributed by atoms with Crippen LogP contribution in [-0.2, 0) is 0 Å². The molecule has 0 saturated carbocycles. The van der Waals surface area contributed by atoms with Gasteiger partial charge >= 0.3 is 0 Å². The average molecular weight is 225 g/mol. The molecule has 0 aliphatic rings. The molecular weight excluding hydrogens is 214 g/mol. The number of hydrogen-bond acceptors (Lipinski definition) is 4. The minimum Gasteiger partial charge on any atom is -0.373 e. The quantitative estimate of drug-likeness (QED) is 0.700. The molecule has 0 unspecified atom stereocenters. The maximum atomic E-state index is 4.44. The number of imidazole rings is 1. The van der Waals surface area contributed by atoms with Crippen molar-refractivity contribution in [2.75, 3.05) is 12.4 Å². The lowest BCUT2D eigenvalue weighted by molar-refractivity contribution is 1.26. The lowest BCUT2D eigenvalue weighted by Crippen LogP contribution is -1.91. The molecule has 3 rings (SSSR count). The Labute approximate surface area is 98.0 Å². The van der Waals surface area contributed by atoms with Crippen molar-refractivity contribution in [1.29, 1.82) is 0 Å². The highest BCUT2D eigenvalue weighted by Gasteiger charge is 2.06. The monoisotopic (exact) mass is 225 g/mol.